The fourth-order valence-corrected chi connectivity index (χ4v) is 2.23. The molecule has 0 aliphatic rings. The zero-order valence-corrected chi connectivity index (χ0v) is 15.1. The lowest BCUT2D eigenvalue weighted by Gasteiger charge is -2.11. The highest BCUT2D eigenvalue weighted by molar-refractivity contribution is 5.95. The summed E-state index contributed by atoms with van der Waals surface area (Å²) in [5.74, 6) is 0.729. The molecule has 0 amide bonds. The summed E-state index contributed by atoms with van der Waals surface area (Å²) in [5, 5.41) is 11.2. The molecule has 0 bridgehead atoms. The first kappa shape index (κ1) is 19.8. The Bertz CT molecular complexity index is 804. The minimum atomic E-state index is -0.860. The monoisotopic (exact) mass is 377 g/mol. The number of carbonyl (C=O) groups is 1. The fraction of sp³-hybridized carbons (Fsp3) is 0.278. The van der Waals surface area contributed by atoms with E-state index >= 15 is 0 Å². The van der Waals surface area contributed by atoms with E-state index in [4.69, 9.17) is 23.7 Å². The molecule has 9 nitrogen and oxygen atoms in total. The van der Waals surface area contributed by atoms with Gasteiger partial charge in [-0.05, 0) is 24.3 Å². The number of nitro groups is 1. The molecule has 0 aliphatic heterocycles. The highest BCUT2D eigenvalue weighted by atomic mass is 16.6. The topological polar surface area (TPSA) is 106 Å². The normalized spacial score (nSPS) is 10.0. The van der Waals surface area contributed by atoms with Crippen molar-refractivity contribution >= 4 is 11.7 Å². The van der Waals surface area contributed by atoms with E-state index in [1.807, 2.05) is 0 Å². The summed E-state index contributed by atoms with van der Waals surface area (Å²) in [5.41, 5.74) is -0.671. The average Bonchev–Trinajstić information content (AvgIpc) is 2.70. The van der Waals surface area contributed by atoms with Crippen LogP contribution in [0.5, 0.6) is 23.0 Å². The fourth-order valence-electron chi connectivity index (χ4n) is 2.23. The lowest BCUT2D eigenvalue weighted by Crippen LogP contribution is -2.14. The van der Waals surface area contributed by atoms with E-state index < -0.39 is 16.6 Å². The van der Waals surface area contributed by atoms with Crippen LogP contribution in [0, 0.1) is 10.1 Å². The van der Waals surface area contributed by atoms with Crippen LogP contribution in [-0.2, 0) is 4.74 Å². The summed E-state index contributed by atoms with van der Waals surface area (Å²) in [7, 11) is 4.26. The number of methoxy groups -OCH3 is 3. The van der Waals surface area contributed by atoms with Gasteiger partial charge in [0.2, 0.25) is 0 Å². The molecular weight excluding hydrogens is 358 g/mol. The van der Waals surface area contributed by atoms with Gasteiger partial charge in [0.05, 0.1) is 32.3 Å². The predicted octanol–water partition coefficient (Wildman–Crippen LogP) is 2.86. The van der Waals surface area contributed by atoms with E-state index in [9.17, 15) is 14.9 Å². The number of hydrogen-bond donors (Lipinski definition) is 0. The Morgan fingerprint density at radius 2 is 1.52 bits per heavy atom. The average molecular weight is 377 g/mol. The van der Waals surface area contributed by atoms with Gasteiger partial charge in [0, 0.05) is 6.07 Å². The molecule has 0 unspecified atom stereocenters. The maximum absolute atomic E-state index is 12.2. The van der Waals surface area contributed by atoms with Gasteiger partial charge >= 0.3 is 5.97 Å². The van der Waals surface area contributed by atoms with Gasteiger partial charge in [-0.2, -0.15) is 0 Å². The second kappa shape index (κ2) is 9.27. The third kappa shape index (κ3) is 5.00. The van der Waals surface area contributed by atoms with Crippen LogP contribution in [0.1, 0.15) is 10.4 Å². The standard InChI is InChI=1S/C18H19NO8/c1-23-12-4-6-13(7-5-12)26-8-9-27-18(20)14-10-16(24-2)17(25-3)11-15(14)19(21)22/h4-7,10-11H,8-9H2,1-3H3. The molecule has 144 valence electrons. The maximum atomic E-state index is 12.2. The molecule has 0 saturated heterocycles. The van der Waals surface area contributed by atoms with Crippen LogP contribution in [-0.4, -0.2) is 45.4 Å². The zero-order valence-electron chi connectivity index (χ0n) is 15.1. The van der Waals surface area contributed by atoms with Crippen molar-refractivity contribution in [3.05, 3.63) is 52.1 Å². The number of carbonyl (C=O) groups excluding carboxylic acids is 1. The van der Waals surface area contributed by atoms with Gasteiger partial charge in [-0.15, -0.1) is 0 Å². The summed E-state index contributed by atoms with van der Waals surface area (Å²) in [6.07, 6.45) is 0. The molecule has 0 radical (unpaired) electrons. The van der Waals surface area contributed by atoms with Crippen LogP contribution in [0.4, 0.5) is 5.69 Å². The summed E-state index contributed by atoms with van der Waals surface area (Å²) in [6.45, 7) is -0.00445. The van der Waals surface area contributed by atoms with Gasteiger partial charge in [-0.25, -0.2) is 4.79 Å². The van der Waals surface area contributed by atoms with Crippen LogP contribution < -0.4 is 18.9 Å². The molecule has 2 aromatic rings. The van der Waals surface area contributed by atoms with Crippen molar-refractivity contribution in [2.75, 3.05) is 34.5 Å². The number of benzene rings is 2. The van der Waals surface area contributed by atoms with Gasteiger partial charge in [-0.3, -0.25) is 10.1 Å². The van der Waals surface area contributed by atoms with Crippen molar-refractivity contribution in [2.45, 2.75) is 0 Å². The molecule has 2 rings (SSSR count). The Morgan fingerprint density at radius 1 is 0.926 bits per heavy atom. The van der Waals surface area contributed by atoms with E-state index in [0.29, 0.717) is 11.5 Å². The Labute approximate surface area is 155 Å². The molecular formula is C18H19NO8. The number of rotatable bonds is 9. The van der Waals surface area contributed by atoms with Gasteiger partial charge in [0.15, 0.2) is 11.5 Å². The van der Waals surface area contributed by atoms with Crippen molar-refractivity contribution < 1.29 is 33.4 Å². The Hall–Kier alpha value is -3.49. The second-order valence-corrected chi connectivity index (χ2v) is 5.14. The largest absolute Gasteiger partial charge is 0.497 e. The van der Waals surface area contributed by atoms with Crippen LogP contribution in [0.3, 0.4) is 0 Å². The summed E-state index contributed by atoms with van der Waals surface area (Å²) < 4.78 is 25.6. The summed E-state index contributed by atoms with van der Waals surface area (Å²) in [6, 6.07) is 9.20. The van der Waals surface area contributed by atoms with Gasteiger partial charge in [0.25, 0.3) is 5.69 Å². The van der Waals surface area contributed by atoms with Crippen LogP contribution in [0.25, 0.3) is 0 Å². The minimum absolute atomic E-state index is 0.0825. The Morgan fingerprint density at radius 3 is 2.07 bits per heavy atom. The Kier molecular flexibility index (Phi) is 6.81. The lowest BCUT2D eigenvalue weighted by atomic mass is 10.1. The van der Waals surface area contributed by atoms with Crippen molar-refractivity contribution in [3.63, 3.8) is 0 Å². The number of nitrogens with zero attached hydrogens (tertiary/aromatic N) is 1. The minimum Gasteiger partial charge on any atom is -0.497 e. The molecule has 0 saturated carbocycles. The molecule has 2 aromatic carbocycles. The number of nitro benzene ring substituents is 1. The third-order valence-electron chi connectivity index (χ3n) is 3.56. The molecule has 0 fully saturated rings. The van der Waals surface area contributed by atoms with Gasteiger partial charge in [-0.1, -0.05) is 0 Å². The van der Waals surface area contributed by atoms with Crippen molar-refractivity contribution in [2.24, 2.45) is 0 Å². The van der Waals surface area contributed by atoms with Gasteiger partial charge in [0.1, 0.15) is 30.3 Å². The third-order valence-corrected chi connectivity index (χ3v) is 3.56. The molecule has 27 heavy (non-hydrogen) atoms. The van der Waals surface area contributed by atoms with Crippen molar-refractivity contribution in [1.29, 1.82) is 0 Å². The molecule has 0 spiro atoms. The molecule has 0 atom stereocenters. The number of esters is 1. The van der Waals surface area contributed by atoms with Crippen LogP contribution in [0.2, 0.25) is 0 Å². The molecule has 0 N–H and O–H groups in total. The first-order valence-electron chi connectivity index (χ1n) is 7.84. The smallest absolute Gasteiger partial charge is 0.345 e. The number of hydrogen-bond acceptors (Lipinski definition) is 8. The Balaban J connectivity index is 2.01. The van der Waals surface area contributed by atoms with Crippen LogP contribution in [0.15, 0.2) is 36.4 Å². The van der Waals surface area contributed by atoms with E-state index in [1.54, 1.807) is 31.4 Å². The number of ether oxygens (including phenoxy) is 5. The van der Waals surface area contributed by atoms with Crippen LogP contribution >= 0.6 is 0 Å². The second-order valence-electron chi connectivity index (χ2n) is 5.14. The molecule has 0 aromatic heterocycles. The van der Waals surface area contributed by atoms with Crippen molar-refractivity contribution in [1.82, 2.24) is 0 Å². The molecule has 9 heteroatoms. The maximum Gasteiger partial charge on any atom is 0.345 e. The highest BCUT2D eigenvalue weighted by Gasteiger charge is 2.25. The van der Waals surface area contributed by atoms with E-state index in [0.717, 1.165) is 6.07 Å². The zero-order chi connectivity index (χ0) is 19.8. The predicted molar refractivity (Wildman–Crippen MR) is 95.0 cm³/mol. The van der Waals surface area contributed by atoms with E-state index in [2.05, 4.69) is 0 Å². The summed E-state index contributed by atoms with van der Waals surface area (Å²) >= 11 is 0. The van der Waals surface area contributed by atoms with E-state index in [-0.39, 0.29) is 30.3 Å². The van der Waals surface area contributed by atoms with Crippen molar-refractivity contribution in [3.8, 4) is 23.0 Å². The lowest BCUT2D eigenvalue weighted by molar-refractivity contribution is -0.385. The molecule has 0 aliphatic carbocycles. The first-order chi connectivity index (χ1) is 13.0. The summed E-state index contributed by atoms with van der Waals surface area (Å²) in [4.78, 5) is 22.8. The molecule has 0 heterocycles. The quantitative estimate of drug-likeness (QED) is 0.284. The van der Waals surface area contributed by atoms with E-state index in [1.165, 1.54) is 20.3 Å². The first-order valence-corrected chi connectivity index (χ1v) is 7.84. The highest BCUT2D eigenvalue weighted by Crippen LogP contribution is 2.34. The van der Waals surface area contributed by atoms with Gasteiger partial charge < -0.3 is 23.7 Å². The SMILES string of the molecule is COc1ccc(OCCOC(=O)c2cc(OC)c(OC)cc2[N+](=O)[O-])cc1.